The van der Waals surface area contributed by atoms with Crippen LogP contribution < -0.4 is 17.2 Å². The van der Waals surface area contributed by atoms with Crippen molar-refractivity contribution >= 4 is 129 Å². The maximum Gasteiger partial charge on any atom is 0.209 e. The molecule has 0 aliphatic rings. The van der Waals surface area contributed by atoms with Crippen molar-refractivity contribution in [3.05, 3.63) is 226 Å². The van der Waals surface area contributed by atoms with Crippen LogP contribution in [0.25, 0.3) is 33.4 Å². The third-order valence-electron chi connectivity index (χ3n) is 11.7. The molecule has 0 aliphatic carbocycles. The summed E-state index contributed by atoms with van der Waals surface area (Å²) in [7, 11) is 3.38. The molecule has 0 unspecified atom stereocenters. The fourth-order valence-corrected chi connectivity index (χ4v) is 11.5. The van der Waals surface area contributed by atoms with Gasteiger partial charge in [-0.3, -0.25) is 4.79 Å². The largest absolute Gasteiger partial charge is 0.383 e. The van der Waals surface area contributed by atoms with Crippen LogP contribution in [0.15, 0.2) is 161 Å². The van der Waals surface area contributed by atoms with Gasteiger partial charge in [-0.05, 0) is 69.8 Å². The Bertz CT molecular complexity index is 3800. The van der Waals surface area contributed by atoms with E-state index in [2.05, 4.69) is 51.4 Å². The Labute approximate surface area is 539 Å². The SMILES string of the molecule is CN(C)C=O.N#Cc1c(N)nc(SCc2ccc(Cl)c(Cl)c2)c(C#N)c1-c1ccccc1.N#Cc1c(N)nc(SCc2ccc(Cl)c(Cl)c2)c(C#N)c1-c1ccccc1.N#Cc1c(N)nc(SCc2ccc(Cl)c(Cl)c2)c(C#N)c1-c1ccccc1. The Balaban J connectivity index is 0.000000198. The highest BCUT2D eigenvalue weighted by Crippen LogP contribution is 2.40. The van der Waals surface area contributed by atoms with E-state index in [-0.39, 0.29) is 34.1 Å². The van der Waals surface area contributed by atoms with E-state index in [1.165, 1.54) is 40.2 Å². The molecule has 6 aromatic carbocycles. The number of nitrogen functional groups attached to an aromatic ring is 3. The lowest BCUT2D eigenvalue weighted by atomic mass is 9.97. The van der Waals surface area contributed by atoms with Crippen molar-refractivity contribution < 1.29 is 4.79 Å². The predicted octanol–water partition coefficient (Wildman–Crippen LogP) is 16.7. The Morgan fingerprint density at radius 1 is 0.395 bits per heavy atom. The second-order valence-corrected chi connectivity index (χ2v) is 23.1. The van der Waals surface area contributed by atoms with Gasteiger partial charge in [-0.2, -0.15) is 31.6 Å². The Hall–Kier alpha value is -8.63. The van der Waals surface area contributed by atoms with E-state index in [1.54, 1.807) is 50.5 Å². The average molecular weight is 1310 g/mol. The number of thioether (sulfide) groups is 3. The van der Waals surface area contributed by atoms with Crippen LogP contribution in [0.3, 0.4) is 0 Å². The monoisotopic (exact) mass is 1300 g/mol. The molecule has 0 spiro atoms. The van der Waals surface area contributed by atoms with E-state index in [0.29, 0.717) is 95.9 Å². The van der Waals surface area contributed by atoms with Gasteiger partial charge in [-0.1, -0.05) is 179 Å². The zero-order valence-corrected chi connectivity index (χ0v) is 52.1. The first-order valence-corrected chi connectivity index (χ1v) is 30.0. The zero-order chi connectivity index (χ0) is 62.5. The van der Waals surface area contributed by atoms with Crippen molar-refractivity contribution in [2.75, 3.05) is 31.3 Å². The summed E-state index contributed by atoms with van der Waals surface area (Å²) in [5, 5.41) is 62.1. The van der Waals surface area contributed by atoms with Gasteiger partial charge in [0.25, 0.3) is 0 Å². The lowest BCUT2D eigenvalue weighted by molar-refractivity contribution is -0.115. The Morgan fingerprint density at radius 2 is 0.628 bits per heavy atom. The van der Waals surface area contributed by atoms with Gasteiger partial charge in [0, 0.05) is 48.0 Å². The van der Waals surface area contributed by atoms with Crippen LogP contribution >= 0.6 is 105 Å². The van der Waals surface area contributed by atoms with Gasteiger partial charge in [-0.15, -0.1) is 35.3 Å². The third kappa shape index (κ3) is 17.3. The first kappa shape index (κ1) is 66.5. The molecule has 9 aromatic rings. The molecule has 0 saturated heterocycles. The number of rotatable bonds is 13. The maximum atomic E-state index is 9.76. The predicted molar refractivity (Wildman–Crippen MR) is 348 cm³/mol. The summed E-state index contributed by atoms with van der Waals surface area (Å²) in [6, 6.07) is 56.5. The van der Waals surface area contributed by atoms with Crippen LogP contribution in [-0.4, -0.2) is 40.4 Å². The molecule has 0 saturated carbocycles. The standard InChI is InChI=1S/3C20H12Cl2N4S.C3H7NO/c3*21-16-7-6-12(8-17(16)22)11-27-20-15(10-24)18(13-4-2-1-3-5-13)14(9-23)19(25)26-20;1-4(2)3-5/h3*1-8H,11H2,(H2,25,26);3H,1-2H3. The average Bonchev–Trinajstić information content (AvgIpc) is 1.90. The quantitative estimate of drug-likeness (QED) is 0.0714. The Kier molecular flexibility index (Phi) is 25.2. The minimum Gasteiger partial charge on any atom is -0.383 e. The van der Waals surface area contributed by atoms with Gasteiger partial charge in [0.05, 0.1) is 46.8 Å². The number of carbonyl (C=O) groups is 1. The summed E-state index contributed by atoms with van der Waals surface area (Å²) in [5.74, 6) is 1.89. The first-order valence-electron chi connectivity index (χ1n) is 24.8. The highest BCUT2D eigenvalue weighted by Gasteiger charge is 2.24. The van der Waals surface area contributed by atoms with E-state index >= 15 is 0 Å². The van der Waals surface area contributed by atoms with E-state index in [4.69, 9.17) is 86.8 Å². The van der Waals surface area contributed by atoms with E-state index in [9.17, 15) is 36.4 Å². The van der Waals surface area contributed by atoms with Crippen LogP contribution in [0.2, 0.25) is 30.1 Å². The van der Waals surface area contributed by atoms with Crippen LogP contribution in [0.1, 0.15) is 50.1 Å². The fraction of sp³-hybridized carbons (Fsp3) is 0.0794. The molecule has 9 rings (SSSR count). The van der Waals surface area contributed by atoms with E-state index in [0.717, 1.165) is 39.8 Å². The summed E-state index contributed by atoms with van der Waals surface area (Å²) >= 11 is 40.1. The molecule has 0 aliphatic heterocycles. The fourth-order valence-electron chi connectivity index (χ4n) is 7.73. The normalized spacial score (nSPS) is 10.0. The molecule has 6 N–H and O–H groups in total. The van der Waals surface area contributed by atoms with Gasteiger partial charge in [-0.25, -0.2) is 15.0 Å². The van der Waals surface area contributed by atoms with Gasteiger partial charge in [0.15, 0.2) is 0 Å². The molecule has 0 atom stereocenters. The van der Waals surface area contributed by atoms with Crippen molar-refractivity contribution in [2.45, 2.75) is 32.3 Å². The summed E-state index contributed by atoms with van der Waals surface area (Å²) in [4.78, 5) is 23.8. The second kappa shape index (κ2) is 32.6. The number of halogens is 6. The summed E-state index contributed by atoms with van der Waals surface area (Å²) in [6.45, 7) is 0. The van der Waals surface area contributed by atoms with Crippen molar-refractivity contribution in [1.29, 1.82) is 31.6 Å². The van der Waals surface area contributed by atoms with Gasteiger partial charge in [0.1, 0.15) is 85.6 Å². The number of nitriles is 6. The summed E-state index contributed by atoms with van der Waals surface area (Å²) in [6.07, 6.45) is 0.750. The molecule has 1 amide bonds. The molecular weight excluding hydrogens is 1260 g/mol. The van der Waals surface area contributed by atoms with Gasteiger partial charge < -0.3 is 22.1 Å². The minimum absolute atomic E-state index is 0.104. The zero-order valence-electron chi connectivity index (χ0n) is 45.2. The number of nitrogens with zero attached hydrogens (tertiary/aromatic N) is 10. The molecule has 3 aromatic heterocycles. The van der Waals surface area contributed by atoms with E-state index < -0.39 is 0 Å². The number of hydrogen-bond donors (Lipinski definition) is 3. The lowest BCUT2D eigenvalue weighted by Gasteiger charge is -2.13. The number of nitrogens with two attached hydrogens (primary N) is 3. The molecule has 426 valence electrons. The van der Waals surface area contributed by atoms with Gasteiger partial charge in [0.2, 0.25) is 6.41 Å². The van der Waals surface area contributed by atoms with Crippen molar-refractivity contribution in [3.63, 3.8) is 0 Å². The van der Waals surface area contributed by atoms with Crippen LogP contribution in [0.5, 0.6) is 0 Å². The number of aromatic nitrogens is 3. The molecule has 86 heavy (non-hydrogen) atoms. The van der Waals surface area contributed by atoms with Crippen LogP contribution in [0.4, 0.5) is 17.5 Å². The molecule has 0 fully saturated rings. The number of pyridine rings is 3. The van der Waals surface area contributed by atoms with Crippen molar-refractivity contribution in [2.24, 2.45) is 0 Å². The Morgan fingerprint density at radius 3 is 0.826 bits per heavy atom. The number of benzene rings is 6. The lowest BCUT2D eigenvalue weighted by Crippen LogP contribution is -2.06. The first-order chi connectivity index (χ1) is 41.4. The van der Waals surface area contributed by atoms with Crippen molar-refractivity contribution in [1.82, 2.24) is 19.9 Å². The van der Waals surface area contributed by atoms with E-state index in [1.807, 2.05) is 109 Å². The number of carbonyl (C=O) groups excluding carboxylic acids is 1. The molecule has 0 radical (unpaired) electrons. The topological polar surface area (TPSA) is 280 Å². The van der Waals surface area contributed by atoms with Crippen LogP contribution in [-0.2, 0) is 22.1 Å². The highest BCUT2D eigenvalue weighted by atomic mass is 35.5. The van der Waals surface area contributed by atoms with Crippen LogP contribution in [0, 0.1) is 68.0 Å². The molecule has 23 heteroatoms. The molecule has 0 bridgehead atoms. The number of amides is 1. The molecule has 3 heterocycles. The van der Waals surface area contributed by atoms with Gasteiger partial charge >= 0.3 is 0 Å². The number of hydrogen-bond acceptors (Lipinski definition) is 16. The maximum absolute atomic E-state index is 9.76. The third-order valence-corrected chi connectivity index (χ3v) is 17.1. The summed E-state index contributed by atoms with van der Waals surface area (Å²) < 4.78 is 0. The minimum atomic E-state index is 0.104. The van der Waals surface area contributed by atoms with Crippen molar-refractivity contribution in [3.8, 4) is 69.8 Å². The molecule has 14 nitrogen and oxygen atoms in total. The summed E-state index contributed by atoms with van der Waals surface area (Å²) in [5.41, 5.74) is 26.2. The number of anilines is 3. The smallest absolute Gasteiger partial charge is 0.209 e. The highest BCUT2D eigenvalue weighted by molar-refractivity contribution is 7.99. The second-order valence-electron chi connectivity index (χ2n) is 17.7. The molecular formula is C63H43Cl6N13OS3.